The highest BCUT2D eigenvalue weighted by atomic mass is 35.5. The molecule has 0 bridgehead atoms. The van der Waals surface area contributed by atoms with Gasteiger partial charge in [0.2, 0.25) is 0 Å². The highest BCUT2D eigenvalue weighted by molar-refractivity contribution is 6.33. The summed E-state index contributed by atoms with van der Waals surface area (Å²) in [5, 5.41) is 0.608. The number of benzene rings is 2. The summed E-state index contributed by atoms with van der Waals surface area (Å²) in [4.78, 5) is 0. The SMILES string of the molecule is NCC1Cc2cc(-c3ccccc3Cl)cc(F)c2O1. The molecular weight excluding hydrogens is 265 g/mol. The van der Waals surface area contributed by atoms with E-state index in [4.69, 9.17) is 22.1 Å². The molecule has 0 amide bonds. The Bertz CT molecular complexity index is 630. The third-order valence-electron chi connectivity index (χ3n) is 3.30. The van der Waals surface area contributed by atoms with Crippen LogP contribution in [-0.2, 0) is 6.42 Å². The van der Waals surface area contributed by atoms with Crippen LogP contribution in [0, 0.1) is 5.82 Å². The van der Waals surface area contributed by atoms with Crippen molar-refractivity contribution in [1.82, 2.24) is 0 Å². The number of hydrogen-bond acceptors (Lipinski definition) is 2. The molecule has 19 heavy (non-hydrogen) atoms. The number of nitrogens with two attached hydrogens (primary N) is 1. The minimum Gasteiger partial charge on any atom is -0.485 e. The predicted octanol–water partition coefficient (Wildman–Crippen LogP) is 3.41. The lowest BCUT2D eigenvalue weighted by atomic mass is 10.0. The summed E-state index contributed by atoms with van der Waals surface area (Å²) in [6, 6.07) is 10.8. The minimum absolute atomic E-state index is 0.133. The van der Waals surface area contributed by atoms with Crippen LogP contribution in [0.2, 0.25) is 5.02 Å². The number of ether oxygens (including phenoxy) is 1. The first-order chi connectivity index (χ1) is 9.19. The zero-order valence-electron chi connectivity index (χ0n) is 10.2. The first-order valence-corrected chi connectivity index (χ1v) is 6.51. The molecule has 3 rings (SSSR count). The molecule has 1 aliphatic heterocycles. The van der Waals surface area contributed by atoms with E-state index in [2.05, 4.69) is 0 Å². The van der Waals surface area contributed by atoms with Crippen LogP contribution in [0.3, 0.4) is 0 Å². The highest BCUT2D eigenvalue weighted by Gasteiger charge is 2.25. The van der Waals surface area contributed by atoms with Crippen molar-refractivity contribution < 1.29 is 9.13 Å². The Kier molecular flexibility index (Phi) is 3.17. The molecule has 1 atom stereocenters. The van der Waals surface area contributed by atoms with Crippen molar-refractivity contribution in [2.45, 2.75) is 12.5 Å². The molecule has 0 aliphatic carbocycles. The lowest BCUT2D eigenvalue weighted by Crippen LogP contribution is -2.24. The Balaban J connectivity index is 2.07. The van der Waals surface area contributed by atoms with Gasteiger partial charge in [-0.15, -0.1) is 0 Å². The number of rotatable bonds is 2. The maximum absolute atomic E-state index is 14.1. The Morgan fingerprint density at radius 2 is 2.11 bits per heavy atom. The summed E-state index contributed by atoms with van der Waals surface area (Å²) >= 11 is 6.14. The summed E-state index contributed by atoms with van der Waals surface area (Å²) < 4.78 is 19.5. The zero-order valence-corrected chi connectivity index (χ0v) is 11.0. The van der Waals surface area contributed by atoms with Gasteiger partial charge in [0.1, 0.15) is 6.10 Å². The normalized spacial score (nSPS) is 17.1. The van der Waals surface area contributed by atoms with Crippen LogP contribution in [-0.4, -0.2) is 12.6 Å². The molecule has 0 fully saturated rings. The van der Waals surface area contributed by atoms with Crippen molar-refractivity contribution in [3.63, 3.8) is 0 Å². The van der Waals surface area contributed by atoms with Gasteiger partial charge in [-0.2, -0.15) is 0 Å². The van der Waals surface area contributed by atoms with E-state index in [1.165, 1.54) is 6.07 Å². The molecule has 1 aliphatic rings. The van der Waals surface area contributed by atoms with Crippen LogP contribution >= 0.6 is 11.6 Å². The fourth-order valence-electron chi connectivity index (χ4n) is 2.37. The van der Waals surface area contributed by atoms with Gasteiger partial charge in [-0.25, -0.2) is 4.39 Å². The average Bonchev–Trinajstić information content (AvgIpc) is 2.83. The fraction of sp³-hybridized carbons (Fsp3) is 0.200. The average molecular weight is 278 g/mol. The molecular formula is C15H13ClFNO. The van der Waals surface area contributed by atoms with Gasteiger partial charge in [0.25, 0.3) is 0 Å². The molecule has 0 saturated heterocycles. The zero-order chi connectivity index (χ0) is 13.4. The van der Waals surface area contributed by atoms with Gasteiger partial charge in [-0.3, -0.25) is 0 Å². The van der Waals surface area contributed by atoms with Crippen LogP contribution in [0.4, 0.5) is 4.39 Å². The summed E-state index contributed by atoms with van der Waals surface area (Å²) in [5.74, 6) is -0.0328. The Hall–Kier alpha value is -1.58. The van der Waals surface area contributed by atoms with Crippen molar-refractivity contribution in [3.8, 4) is 16.9 Å². The molecule has 98 valence electrons. The van der Waals surface area contributed by atoms with Crippen molar-refractivity contribution >= 4 is 11.6 Å². The molecule has 2 nitrogen and oxygen atoms in total. The molecule has 1 unspecified atom stereocenters. The molecule has 2 N–H and O–H groups in total. The van der Waals surface area contributed by atoms with Gasteiger partial charge in [0.15, 0.2) is 11.6 Å². The summed E-state index contributed by atoms with van der Waals surface area (Å²) in [6.07, 6.45) is 0.507. The van der Waals surface area contributed by atoms with E-state index < -0.39 is 0 Å². The van der Waals surface area contributed by atoms with E-state index in [0.29, 0.717) is 23.7 Å². The Morgan fingerprint density at radius 3 is 2.84 bits per heavy atom. The second-order valence-electron chi connectivity index (χ2n) is 4.61. The van der Waals surface area contributed by atoms with Gasteiger partial charge in [0.05, 0.1) is 0 Å². The van der Waals surface area contributed by atoms with E-state index in [1.807, 2.05) is 24.3 Å². The molecule has 4 heteroatoms. The quantitative estimate of drug-likeness (QED) is 0.913. The predicted molar refractivity (Wildman–Crippen MR) is 74.0 cm³/mol. The Labute approximate surface area is 115 Å². The highest BCUT2D eigenvalue weighted by Crippen LogP contribution is 2.37. The number of fused-ring (bicyclic) bond motifs is 1. The van der Waals surface area contributed by atoms with Crippen LogP contribution < -0.4 is 10.5 Å². The maximum Gasteiger partial charge on any atom is 0.165 e. The fourth-order valence-corrected chi connectivity index (χ4v) is 2.61. The van der Waals surface area contributed by atoms with Crippen molar-refractivity contribution in [1.29, 1.82) is 0 Å². The van der Waals surface area contributed by atoms with Gasteiger partial charge in [0, 0.05) is 29.1 Å². The summed E-state index contributed by atoms with van der Waals surface area (Å²) in [7, 11) is 0. The Morgan fingerprint density at radius 1 is 1.32 bits per heavy atom. The molecule has 2 aromatic carbocycles. The molecule has 1 heterocycles. The maximum atomic E-state index is 14.1. The second-order valence-corrected chi connectivity index (χ2v) is 5.01. The largest absolute Gasteiger partial charge is 0.485 e. The number of hydrogen-bond donors (Lipinski definition) is 1. The van der Waals surface area contributed by atoms with Gasteiger partial charge in [-0.1, -0.05) is 29.8 Å². The second kappa shape index (κ2) is 4.83. The van der Waals surface area contributed by atoms with Crippen molar-refractivity contribution in [2.75, 3.05) is 6.54 Å². The standard InChI is InChI=1S/C15H13ClFNO/c16-13-4-2-1-3-12(13)9-5-10-6-11(8-18)19-15(10)14(17)7-9/h1-5,7,11H,6,8,18H2. The van der Waals surface area contributed by atoms with E-state index >= 15 is 0 Å². The van der Waals surface area contributed by atoms with Crippen molar-refractivity contribution in [3.05, 3.63) is 52.8 Å². The van der Waals surface area contributed by atoms with Crippen LogP contribution in [0.1, 0.15) is 5.56 Å². The monoisotopic (exact) mass is 277 g/mol. The van der Waals surface area contributed by atoms with Gasteiger partial charge in [-0.05, 0) is 23.8 Å². The summed E-state index contributed by atoms with van der Waals surface area (Å²) in [6.45, 7) is 0.384. The van der Waals surface area contributed by atoms with Crippen molar-refractivity contribution in [2.24, 2.45) is 5.73 Å². The van der Waals surface area contributed by atoms with Gasteiger partial charge < -0.3 is 10.5 Å². The first-order valence-electron chi connectivity index (χ1n) is 6.13. The molecule has 0 spiro atoms. The van der Waals surface area contributed by atoms with E-state index in [9.17, 15) is 4.39 Å². The number of halogens is 2. The molecule has 2 aromatic rings. The van der Waals surface area contributed by atoms with Crippen LogP contribution in [0.15, 0.2) is 36.4 Å². The lowest BCUT2D eigenvalue weighted by Gasteiger charge is -2.08. The first kappa shape index (κ1) is 12.5. The van der Waals surface area contributed by atoms with E-state index in [0.717, 1.165) is 16.7 Å². The van der Waals surface area contributed by atoms with Gasteiger partial charge >= 0.3 is 0 Å². The lowest BCUT2D eigenvalue weighted by molar-refractivity contribution is 0.232. The third kappa shape index (κ3) is 2.20. The van der Waals surface area contributed by atoms with Crippen LogP contribution in [0.5, 0.6) is 5.75 Å². The molecule has 0 radical (unpaired) electrons. The topological polar surface area (TPSA) is 35.2 Å². The van der Waals surface area contributed by atoms with E-state index in [-0.39, 0.29) is 11.9 Å². The smallest absolute Gasteiger partial charge is 0.165 e. The molecule has 0 aromatic heterocycles. The van der Waals surface area contributed by atoms with Crippen LogP contribution in [0.25, 0.3) is 11.1 Å². The van der Waals surface area contributed by atoms with E-state index in [1.54, 1.807) is 6.07 Å². The third-order valence-corrected chi connectivity index (χ3v) is 3.63. The summed E-state index contributed by atoms with van der Waals surface area (Å²) in [5.41, 5.74) is 8.01. The minimum atomic E-state index is -0.358. The molecule has 0 saturated carbocycles.